The van der Waals surface area contributed by atoms with Gasteiger partial charge in [-0.15, -0.1) is 0 Å². The van der Waals surface area contributed by atoms with Gasteiger partial charge in [-0.3, -0.25) is 14.9 Å². The van der Waals surface area contributed by atoms with Crippen LogP contribution in [0.4, 0.5) is 5.69 Å². The standard InChI is InChI=1S/C15H19BrN2O3/c1-9-6-10(2)11(3)17(8-9)15(19)13-7-12(18(20)21)4-5-14(13)16/h4-5,7,9-11H,6,8H2,1-3H3. The van der Waals surface area contributed by atoms with E-state index in [0.717, 1.165) is 6.42 Å². The van der Waals surface area contributed by atoms with Crippen molar-refractivity contribution in [2.24, 2.45) is 11.8 Å². The number of nitrogens with zero attached hydrogens (tertiary/aromatic N) is 2. The molecule has 2 rings (SSSR count). The number of piperidine rings is 1. The zero-order chi connectivity index (χ0) is 15.7. The van der Waals surface area contributed by atoms with Gasteiger partial charge in [0.05, 0.1) is 10.5 Å². The van der Waals surface area contributed by atoms with Gasteiger partial charge >= 0.3 is 0 Å². The van der Waals surface area contributed by atoms with E-state index in [9.17, 15) is 14.9 Å². The molecule has 1 saturated heterocycles. The van der Waals surface area contributed by atoms with Crippen LogP contribution in [0, 0.1) is 22.0 Å². The highest BCUT2D eigenvalue weighted by Gasteiger charge is 2.33. The number of non-ortho nitro benzene ring substituents is 1. The summed E-state index contributed by atoms with van der Waals surface area (Å²) in [5.41, 5.74) is 0.296. The summed E-state index contributed by atoms with van der Waals surface area (Å²) in [6, 6.07) is 4.45. The highest BCUT2D eigenvalue weighted by molar-refractivity contribution is 9.10. The predicted molar refractivity (Wildman–Crippen MR) is 84.2 cm³/mol. The van der Waals surface area contributed by atoms with Gasteiger partial charge in [0.2, 0.25) is 0 Å². The van der Waals surface area contributed by atoms with Gasteiger partial charge in [0.15, 0.2) is 0 Å². The molecule has 0 spiro atoms. The molecule has 5 nitrogen and oxygen atoms in total. The Labute approximate surface area is 132 Å². The Balaban J connectivity index is 2.34. The number of nitro benzene ring substituents is 1. The summed E-state index contributed by atoms with van der Waals surface area (Å²) in [4.78, 5) is 25.0. The zero-order valence-electron chi connectivity index (χ0n) is 12.4. The van der Waals surface area contributed by atoms with Gasteiger partial charge in [0.1, 0.15) is 0 Å². The molecule has 1 aromatic rings. The fourth-order valence-electron chi connectivity index (χ4n) is 2.93. The first-order valence-electron chi connectivity index (χ1n) is 7.06. The number of halogens is 1. The van der Waals surface area contributed by atoms with Gasteiger partial charge < -0.3 is 4.90 Å². The third-order valence-corrected chi connectivity index (χ3v) is 4.94. The van der Waals surface area contributed by atoms with E-state index in [1.807, 2.05) is 11.8 Å². The minimum atomic E-state index is -0.478. The normalized spacial score (nSPS) is 25.7. The first-order chi connectivity index (χ1) is 9.81. The monoisotopic (exact) mass is 354 g/mol. The second-order valence-corrected chi connectivity index (χ2v) is 6.79. The van der Waals surface area contributed by atoms with Crippen molar-refractivity contribution in [3.8, 4) is 0 Å². The van der Waals surface area contributed by atoms with Crippen LogP contribution in [-0.4, -0.2) is 28.3 Å². The van der Waals surface area contributed by atoms with Gasteiger partial charge in [-0.25, -0.2) is 0 Å². The number of likely N-dealkylation sites (tertiary alicyclic amines) is 1. The fourth-order valence-corrected chi connectivity index (χ4v) is 3.34. The van der Waals surface area contributed by atoms with E-state index < -0.39 is 4.92 Å². The molecule has 21 heavy (non-hydrogen) atoms. The molecule has 1 aliphatic heterocycles. The van der Waals surface area contributed by atoms with Crippen molar-refractivity contribution in [2.75, 3.05) is 6.54 Å². The van der Waals surface area contributed by atoms with Crippen molar-refractivity contribution in [3.05, 3.63) is 38.3 Å². The Bertz CT molecular complexity index is 576. The Morgan fingerprint density at radius 3 is 2.67 bits per heavy atom. The molecule has 0 aliphatic carbocycles. The number of amides is 1. The molecule has 1 fully saturated rings. The van der Waals surface area contributed by atoms with E-state index in [4.69, 9.17) is 0 Å². The molecule has 0 N–H and O–H groups in total. The van der Waals surface area contributed by atoms with Crippen LogP contribution in [0.2, 0.25) is 0 Å². The summed E-state index contributed by atoms with van der Waals surface area (Å²) >= 11 is 3.33. The SMILES string of the molecule is CC1CC(C)C(C)N(C(=O)c2cc([N+](=O)[O-])ccc2Br)C1. The van der Waals surface area contributed by atoms with Gasteiger partial charge in [0, 0.05) is 29.2 Å². The Kier molecular flexibility index (Phi) is 4.66. The zero-order valence-corrected chi connectivity index (χ0v) is 14.0. The summed E-state index contributed by atoms with van der Waals surface area (Å²) in [7, 11) is 0. The summed E-state index contributed by atoms with van der Waals surface area (Å²) in [5.74, 6) is 0.726. The lowest BCUT2D eigenvalue weighted by molar-refractivity contribution is -0.384. The summed E-state index contributed by atoms with van der Waals surface area (Å²) in [6.45, 7) is 7.01. The average Bonchev–Trinajstić information content (AvgIpc) is 2.42. The molecular formula is C15H19BrN2O3. The summed E-state index contributed by atoms with van der Waals surface area (Å²) in [6.07, 6.45) is 1.10. The number of carbonyl (C=O) groups is 1. The second kappa shape index (κ2) is 6.13. The van der Waals surface area contributed by atoms with Crippen LogP contribution < -0.4 is 0 Å². The van der Waals surface area contributed by atoms with E-state index in [2.05, 4.69) is 29.8 Å². The number of nitro groups is 1. The maximum absolute atomic E-state index is 12.8. The number of hydrogen-bond donors (Lipinski definition) is 0. The fraction of sp³-hybridized carbons (Fsp3) is 0.533. The third kappa shape index (κ3) is 3.26. The van der Waals surface area contributed by atoms with Crippen LogP contribution in [-0.2, 0) is 0 Å². The minimum Gasteiger partial charge on any atom is -0.335 e. The molecule has 1 aromatic carbocycles. The van der Waals surface area contributed by atoms with Crippen LogP contribution in [0.3, 0.4) is 0 Å². The number of rotatable bonds is 2. The molecule has 1 heterocycles. The van der Waals surface area contributed by atoms with Crippen molar-refractivity contribution in [1.29, 1.82) is 0 Å². The molecule has 0 radical (unpaired) electrons. The van der Waals surface area contributed by atoms with Gasteiger partial charge in [-0.05, 0) is 47.2 Å². The van der Waals surface area contributed by atoms with Crippen LogP contribution in [0.5, 0.6) is 0 Å². The molecule has 114 valence electrons. The Hall–Kier alpha value is -1.43. The molecule has 1 amide bonds. The van der Waals surface area contributed by atoms with Crippen LogP contribution in [0.1, 0.15) is 37.6 Å². The maximum Gasteiger partial charge on any atom is 0.270 e. The smallest absolute Gasteiger partial charge is 0.270 e. The second-order valence-electron chi connectivity index (χ2n) is 5.94. The average molecular weight is 355 g/mol. The lowest BCUT2D eigenvalue weighted by Gasteiger charge is -2.41. The van der Waals surface area contributed by atoms with E-state index in [-0.39, 0.29) is 17.6 Å². The Morgan fingerprint density at radius 1 is 1.38 bits per heavy atom. The number of benzene rings is 1. The van der Waals surface area contributed by atoms with Gasteiger partial charge in [-0.1, -0.05) is 13.8 Å². The highest BCUT2D eigenvalue weighted by atomic mass is 79.9. The first kappa shape index (κ1) is 15.9. The van der Waals surface area contributed by atoms with E-state index in [1.54, 1.807) is 6.07 Å². The maximum atomic E-state index is 12.8. The molecule has 0 aromatic heterocycles. The van der Waals surface area contributed by atoms with Crippen LogP contribution in [0.15, 0.2) is 22.7 Å². The quantitative estimate of drug-likeness (QED) is 0.598. The van der Waals surface area contributed by atoms with Crippen molar-refractivity contribution in [2.45, 2.75) is 33.2 Å². The third-order valence-electron chi connectivity index (χ3n) is 4.25. The minimum absolute atomic E-state index is 0.0627. The molecular weight excluding hydrogens is 336 g/mol. The number of hydrogen-bond acceptors (Lipinski definition) is 3. The van der Waals surface area contributed by atoms with Crippen LogP contribution in [0.25, 0.3) is 0 Å². The van der Waals surface area contributed by atoms with E-state index >= 15 is 0 Å². The largest absolute Gasteiger partial charge is 0.335 e. The summed E-state index contributed by atoms with van der Waals surface area (Å²) in [5, 5.41) is 10.9. The number of carbonyl (C=O) groups excluding carboxylic acids is 1. The lowest BCUT2D eigenvalue weighted by atomic mass is 9.85. The predicted octanol–water partition coefficient (Wildman–Crippen LogP) is 3.86. The van der Waals surface area contributed by atoms with Crippen molar-refractivity contribution < 1.29 is 9.72 Å². The Morgan fingerprint density at radius 2 is 2.05 bits per heavy atom. The lowest BCUT2D eigenvalue weighted by Crippen LogP contribution is -2.48. The molecule has 0 bridgehead atoms. The van der Waals surface area contributed by atoms with Crippen molar-refractivity contribution >= 4 is 27.5 Å². The van der Waals surface area contributed by atoms with E-state index in [0.29, 0.717) is 28.4 Å². The molecule has 1 aliphatic rings. The first-order valence-corrected chi connectivity index (χ1v) is 7.85. The molecule has 3 atom stereocenters. The molecule has 0 saturated carbocycles. The molecule has 6 heteroatoms. The van der Waals surface area contributed by atoms with Gasteiger partial charge in [0.25, 0.3) is 11.6 Å². The van der Waals surface area contributed by atoms with E-state index in [1.165, 1.54) is 12.1 Å². The topological polar surface area (TPSA) is 63.5 Å². The van der Waals surface area contributed by atoms with Gasteiger partial charge in [-0.2, -0.15) is 0 Å². The molecule has 3 unspecified atom stereocenters. The summed E-state index contributed by atoms with van der Waals surface area (Å²) < 4.78 is 0.594. The van der Waals surface area contributed by atoms with Crippen molar-refractivity contribution in [1.82, 2.24) is 4.90 Å². The van der Waals surface area contributed by atoms with Crippen LogP contribution >= 0.6 is 15.9 Å². The van der Waals surface area contributed by atoms with Crippen molar-refractivity contribution in [3.63, 3.8) is 0 Å². The highest BCUT2D eigenvalue weighted by Crippen LogP contribution is 2.30.